The fourth-order valence-corrected chi connectivity index (χ4v) is 2.51. The van der Waals surface area contributed by atoms with Gasteiger partial charge >= 0.3 is 0 Å². The van der Waals surface area contributed by atoms with Crippen LogP contribution in [0.5, 0.6) is 5.88 Å². The van der Waals surface area contributed by atoms with E-state index in [0.717, 1.165) is 5.56 Å². The second-order valence-electron chi connectivity index (χ2n) is 4.88. The first-order valence-corrected chi connectivity index (χ1v) is 7.05. The molecule has 2 N–H and O–H groups in total. The van der Waals surface area contributed by atoms with Gasteiger partial charge < -0.3 is 5.11 Å². The molecule has 0 amide bonds. The molecule has 22 heavy (non-hydrogen) atoms. The molecule has 0 atom stereocenters. The van der Waals surface area contributed by atoms with Crippen molar-refractivity contribution in [3.63, 3.8) is 0 Å². The fraction of sp³-hybridized carbons (Fsp3) is 0.0625. The van der Waals surface area contributed by atoms with Crippen molar-refractivity contribution in [3.05, 3.63) is 68.4 Å². The van der Waals surface area contributed by atoms with E-state index in [2.05, 4.69) is 9.98 Å². The molecule has 1 aromatic heterocycles. The third kappa shape index (κ3) is 2.56. The Hall–Kier alpha value is -2.73. The number of aromatic hydroxyl groups is 1. The summed E-state index contributed by atoms with van der Waals surface area (Å²) < 4.78 is 1.57. The summed E-state index contributed by atoms with van der Waals surface area (Å²) in [7, 11) is 0. The van der Waals surface area contributed by atoms with Crippen LogP contribution in [-0.2, 0) is 0 Å². The molecule has 1 aromatic carbocycles. The number of rotatable bonds is 2. The Kier molecular flexibility index (Phi) is 3.60. The highest BCUT2D eigenvalue weighted by atomic mass is 32.1. The van der Waals surface area contributed by atoms with Gasteiger partial charge in [-0.15, -0.1) is 0 Å². The van der Waals surface area contributed by atoms with Crippen molar-refractivity contribution >= 4 is 24.5 Å². The van der Waals surface area contributed by atoms with Crippen LogP contribution in [0, 0.1) is 11.7 Å². The number of aromatic amines is 1. The van der Waals surface area contributed by atoms with Crippen molar-refractivity contribution in [1.29, 1.82) is 0 Å². The third-order valence-electron chi connectivity index (χ3n) is 3.25. The fourth-order valence-electron chi connectivity index (χ4n) is 2.22. The zero-order chi connectivity index (χ0) is 15.7. The average molecular weight is 311 g/mol. The summed E-state index contributed by atoms with van der Waals surface area (Å²) in [5.74, 6) is -0.206. The number of hydrogen-bond donors (Lipinski definition) is 2. The van der Waals surface area contributed by atoms with E-state index in [-0.39, 0.29) is 16.2 Å². The van der Waals surface area contributed by atoms with Crippen LogP contribution in [0.2, 0.25) is 0 Å². The van der Waals surface area contributed by atoms with Gasteiger partial charge in [-0.2, -0.15) is 0 Å². The van der Waals surface area contributed by atoms with Gasteiger partial charge in [-0.1, -0.05) is 12.1 Å². The molecule has 0 fully saturated rings. The van der Waals surface area contributed by atoms with Crippen molar-refractivity contribution in [3.8, 4) is 11.6 Å². The lowest BCUT2D eigenvalue weighted by atomic mass is 10.2. The number of nitrogens with zero attached hydrogens (tertiary/aromatic N) is 2. The lowest BCUT2D eigenvalue weighted by molar-refractivity contribution is 0.432. The van der Waals surface area contributed by atoms with Crippen molar-refractivity contribution in [2.45, 2.75) is 6.92 Å². The molecule has 5 nitrogen and oxygen atoms in total. The number of aromatic nitrogens is 2. The molecule has 0 bridgehead atoms. The third-order valence-corrected chi connectivity index (χ3v) is 3.53. The summed E-state index contributed by atoms with van der Waals surface area (Å²) in [5.41, 5.74) is 1.97. The standard InChI is InChI=1S/C16H13N3O2S/c1-10-4-2-6-12(8-10)19-15(21)13(14(20)18-16(19)22)9-11-5-3-7-17-11/h2-9,21H,1H3,(H,18,20,22)/b11-9-. The van der Waals surface area contributed by atoms with E-state index in [1.165, 1.54) is 10.6 Å². The molecule has 110 valence electrons. The quantitative estimate of drug-likeness (QED) is 0.838. The zero-order valence-electron chi connectivity index (χ0n) is 11.8. The SMILES string of the molecule is Cc1cccc(-n2c(O)c(/C=C3/C=CC=N3)c(=O)[nH]c2=S)c1. The Morgan fingerprint density at radius 2 is 2.23 bits per heavy atom. The summed E-state index contributed by atoms with van der Waals surface area (Å²) in [5, 5.41) is 10.5. The number of allylic oxidation sites excluding steroid dienone is 2. The van der Waals surface area contributed by atoms with Crippen LogP contribution in [0.3, 0.4) is 0 Å². The number of H-pyrrole nitrogens is 1. The predicted octanol–water partition coefficient (Wildman–Crippen LogP) is 2.89. The lowest BCUT2D eigenvalue weighted by Crippen LogP contribution is -2.16. The number of hydrogen-bond acceptors (Lipinski definition) is 4. The van der Waals surface area contributed by atoms with E-state index >= 15 is 0 Å². The summed E-state index contributed by atoms with van der Waals surface area (Å²) >= 11 is 5.18. The normalized spacial score (nSPS) is 14.9. The van der Waals surface area contributed by atoms with Crippen LogP contribution in [-0.4, -0.2) is 20.9 Å². The molecule has 0 unspecified atom stereocenters. The number of aliphatic imine (C=N–C) groups is 1. The average Bonchev–Trinajstić information content (AvgIpc) is 2.96. The highest BCUT2D eigenvalue weighted by molar-refractivity contribution is 7.71. The molecule has 1 aliphatic rings. The molecular formula is C16H13N3O2S. The van der Waals surface area contributed by atoms with Gasteiger partial charge in [0.15, 0.2) is 4.77 Å². The van der Waals surface area contributed by atoms with Gasteiger partial charge in [0.2, 0.25) is 5.88 Å². The van der Waals surface area contributed by atoms with Crippen LogP contribution in [0.25, 0.3) is 11.8 Å². The molecule has 0 spiro atoms. The molecule has 0 saturated heterocycles. The molecular weight excluding hydrogens is 298 g/mol. The number of benzene rings is 1. The molecule has 2 aromatic rings. The van der Waals surface area contributed by atoms with Crippen molar-refractivity contribution in [2.24, 2.45) is 4.99 Å². The smallest absolute Gasteiger partial charge is 0.262 e. The highest BCUT2D eigenvalue weighted by Crippen LogP contribution is 2.22. The van der Waals surface area contributed by atoms with E-state index < -0.39 is 5.56 Å². The Balaban J connectivity index is 2.26. The first kappa shape index (κ1) is 14.2. The molecule has 1 aliphatic heterocycles. The highest BCUT2D eigenvalue weighted by Gasteiger charge is 2.13. The van der Waals surface area contributed by atoms with E-state index in [1.807, 2.05) is 31.2 Å². The van der Waals surface area contributed by atoms with E-state index in [0.29, 0.717) is 11.4 Å². The predicted molar refractivity (Wildman–Crippen MR) is 89.2 cm³/mol. The van der Waals surface area contributed by atoms with Crippen LogP contribution in [0.15, 0.2) is 51.9 Å². The van der Waals surface area contributed by atoms with Gasteiger partial charge in [0, 0.05) is 6.21 Å². The maximum Gasteiger partial charge on any atom is 0.262 e. The lowest BCUT2D eigenvalue weighted by Gasteiger charge is -2.12. The summed E-state index contributed by atoms with van der Waals surface area (Å²) in [6, 6.07) is 7.49. The molecule has 0 saturated carbocycles. The molecule has 3 rings (SSSR count). The van der Waals surface area contributed by atoms with Gasteiger partial charge in [-0.3, -0.25) is 19.3 Å². The molecule has 6 heteroatoms. The summed E-state index contributed by atoms with van der Waals surface area (Å²) in [6.07, 6.45) is 6.65. The van der Waals surface area contributed by atoms with E-state index in [1.54, 1.807) is 18.4 Å². The Morgan fingerprint density at radius 3 is 2.91 bits per heavy atom. The monoisotopic (exact) mass is 311 g/mol. The van der Waals surface area contributed by atoms with Gasteiger partial charge in [0.1, 0.15) is 5.56 Å². The Bertz CT molecular complexity index is 935. The second-order valence-corrected chi connectivity index (χ2v) is 5.26. The first-order chi connectivity index (χ1) is 10.6. The molecule has 2 heterocycles. The zero-order valence-corrected chi connectivity index (χ0v) is 12.6. The summed E-state index contributed by atoms with van der Waals surface area (Å²) in [4.78, 5) is 18.7. The van der Waals surface area contributed by atoms with Crippen LogP contribution in [0.1, 0.15) is 11.1 Å². The molecule has 0 aliphatic carbocycles. The Morgan fingerprint density at radius 1 is 1.41 bits per heavy atom. The minimum absolute atomic E-state index is 0.119. The Labute approximate surface area is 131 Å². The van der Waals surface area contributed by atoms with E-state index in [9.17, 15) is 9.90 Å². The van der Waals surface area contributed by atoms with Gasteiger partial charge in [-0.25, -0.2) is 0 Å². The first-order valence-electron chi connectivity index (χ1n) is 6.64. The molecule has 0 radical (unpaired) electrons. The largest absolute Gasteiger partial charge is 0.494 e. The number of nitrogens with one attached hydrogen (secondary N) is 1. The van der Waals surface area contributed by atoms with Gasteiger partial charge in [-0.05, 0) is 55.1 Å². The maximum absolute atomic E-state index is 12.1. The van der Waals surface area contributed by atoms with Crippen LogP contribution >= 0.6 is 12.2 Å². The minimum Gasteiger partial charge on any atom is -0.494 e. The minimum atomic E-state index is -0.450. The summed E-state index contributed by atoms with van der Waals surface area (Å²) in [6.45, 7) is 1.94. The van der Waals surface area contributed by atoms with Crippen LogP contribution < -0.4 is 5.56 Å². The van der Waals surface area contributed by atoms with Crippen molar-refractivity contribution in [2.75, 3.05) is 0 Å². The maximum atomic E-state index is 12.1. The second kappa shape index (κ2) is 5.57. The van der Waals surface area contributed by atoms with E-state index in [4.69, 9.17) is 12.2 Å². The van der Waals surface area contributed by atoms with Crippen molar-refractivity contribution < 1.29 is 5.11 Å². The van der Waals surface area contributed by atoms with Crippen LogP contribution in [0.4, 0.5) is 0 Å². The topological polar surface area (TPSA) is 70.4 Å². The number of aryl methyl sites for hydroxylation is 1. The van der Waals surface area contributed by atoms with Gasteiger partial charge in [0.05, 0.1) is 11.4 Å². The van der Waals surface area contributed by atoms with Gasteiger partial charge in [0.25, 0.3) is 5.56 Å². The van der Waals surface area contributed by atoms with Crippen molar-refractivity contribution in [1.82, 2.24) is 9.55 Å².